The van der Waals surface area contributed by atoms with Gasteiger partial charge in [0.05, 0.1) is 10.6 Å². The van der Waals surface area contributed by atoms with Gasteiger partial charge in [0.25, 0.3) is 5.19 Å². The van der Waals surface area contributed by atoms with Crippen LogP contribution in [0.15, 0.2) is 57.5 Å². The summed E-state index contributed by atoms with van der Waals surface area (Å²) in [5.74, 6) is 0.986. The number of fused-ring (bicyclic) bond motifs is 1. The molecule has 3 aromatic heterocycles. The van der Waals surface area contributed by atoms with Crippen LogP contribution in [0.4, 0.5) is 6.01 Å². The first-order valence-corrected chi connectivity index (χ1v) is 14.4. The molecule has 0 N–H and O–H groups in total. The maximum atomic E-state index is 11.7. The molecule has 0 radical (unpaired) electrons. The second kappa shape index (κ2) is 9.98. The molecule has 11 heteroatoms. The Labute approximate surface area is 213 Å². The third-order valence-electron chi connectivity index (χ3n) is 6.02. The third-order valence-corrected chi connectivity index (χ3v) is 8.02. The Kier molecular flexibility index (Phi) is 6.76. The van der Waals surface area contributed by atoms with Crippen LogP contribution in [0.3, 0.4) is 0 Å². The van der Waals surface area contributed by atoms with E-state index in [0.717, 1.165) is 53.4 Å². The van der Waals surface area contributed by atoms with Gasteiger partial charge in [-0.2, -0.15) is 4.98 Å². The lowest BCUT2D eigenvalue weighted by atomic mass is 10.0. The van der Waals surface area contributed by atoms with Gasteiger partial charge in [-0.05, 0) is 43.2 Å². The average molecular weight is 526 g/mol. The van der Waals surface area contributed by atoms with E-state index in [-0.39, 0.29) is 10.8 Å². The molecule has 0 spiro atoms. The monoisotopic (exact) mass is 525 g/mol. The van der Waals surface area contributed by atoms with Crippen molar-refractivity contribution in [2.24, 2.45) is 0 Å². The van der Waals surface area contributed by atoms with E-state index in [2.05, 4.69) is 26.1 Å². The topological polar surface area (TPSA) is 111 Å². The third kappa shape index (κ3) is 5.41. The van der Waals surface area contributed by atoms with Crippen molar-refractivity contribution >= 4 is 37.5 Å². The molecular formula is C25H27N5O4S2. The lowest BCUT2D eigenvalue weighted by molar-refractivity contribution is 0.359. The number of nitrogens with zero attached hydrogens (tertiary/aromatic N) is 5. The van der Waals surface area contributed by atoms with E-state index in [1.807, 2.05) is 26.0 Å². The van der Waals surface area contributed by atoms with Gasteiger partial charge in [0.1, 0.15) is 17.0 Å². The maximum absolute atomic E-state index is 11.7. The van der Waals surface area contributed by atoms with Crippen LogP contribution in [-0.4, -0.2) is 54.5 Å². The van der Waals surface area contributed by atoms with E-state index < -0.39 is 9.84 Å². The molecule has 1 saturated heterocycles. The van der Waals surface area contributed by atoms with Gasteiger partial charge < -0.3 is 14.2 Å². The molecule has 4 aromatic rings. The number of anilines is 1. The van der Waals surface area contributed by atoms with E-state index in [1.54, 1.807) is 24.3 Å². The molecule has 0 atom stereocenters. The first-order chi connectivity index (χ1) is 17.3. The molecule has 0 aliphatic carbocycles. The van der Waals surface area contributed by atoms with Crippen LogP contribution >= 0.6 is 11.3 Å². The van der Waals surface area contributed by atoms with Gasteiger partial charge in [-0.1, -0.05) is 48.0 Å². The Balaban J connectivity index is 1.18. The number of aromatic nitrogens is 4. The van der Waals surface area contributed by atoms with Crippen LogP contribution in [-0.2, 0) is 9.84 Å². The van der Waals surface area contributed by atoms with E-state index in [0.29, 0.717) is 17.8 Å². The summed E-state index contributed by atoms with van der Waals surface area (Å²) in [6, 6.07) is 11.1. The maximum Gasteiger partial charge on any atom is 0.324 e. The molecule has 1 aliphatic rings. The summed E-state index contributed by atoms with van der Waals surface area (Å²) in [5.41, 5.74) is 3.72. The zero-order valence-corrected chi connectivity index (χ0v) is 22.0. The predicted molar refractivity (Wildman–Crippen MR) is 139 cm³/mol. The van der Waals surface area contributed by atoms with Crippen LogP contribution in [0.2, 0.25) is 0 Å². The van der Waals surface area contributed by atoms with Gasteiger partial charge in [-0.3, -0.25) is 0 Å². The SMILES string of the molecule is CC(C)c1noc(N2CCC(=CCOc3nc4ccc(-c5ccc(S(C)(=O)=O)cc5)nc4s3)CC2)n1. The highest BCUT2D eigenvalue weighted by molar-refractivity contribution is 7.90. The quantitative estimate of drug-likeness (QED) is 0.312. The number of piperidine rings is 1. The minimum absolute atomic E-state index is 0.248. The Hall–Kier alpha value is -3.31. The number of hydrogen-bond acceptors (Lipinski definition) is 10. The summed E-state index contributed by atoms with van der Waals surface area (Å²) in [5, 5.41) is 4.62. The van der Waals surface area contributed by atoms with Crippen LogP contribution in [0.1, 0.15) is 38.4 Å². The van der Waals surface area contributed by atoms with Crippen molar-refractivity contribution in [1.82, 2.24) is 20.1 Å². The second-order valence-corrected chi connectivity index (χ2v) is 12.0. The Morgan fingerprint density at radius 1 is 1.08 bits per heavy atom. The number of hydrogen-bond donors (Lipinski definition) is 0. The first-order valence-electron chi connectivity index (χ1n) is 11.7. The minimum Gasteiger partial charge on any atom is -0.466 e. The molecule has 0 amide bonds. The fourth-order valence-electron chi connectivity index (χ4n) is 3.90. The van der Waals surface area contributed by atoms with Crippen molar-refractivity contribution < 1.29 is 17.7 Å². The summed E-state index contributed by atoms with van der Waals surface area (Å²) in [6.07, 6.45) is 5.17. The van der Waals surface area contributed by atoms with Crippen molar-refractivity contribution in [1.29, 1.82) is 0 Å². The standard InChI is InChI=1S/C25H27N5O4S2/c1-16(2)22-28-24(34-29-22)30-13-10-17(11-14-30)12-15-33-25-27-21-9-8-20(26-23(21)35-25)18-4-6-19(7-5-18)36(3,31)32/h4-9,12,16H,10-11,13-15H2,1-3H3. The summed E-state index contributed by atoms with van der Waals surface area (Å²) in [6.45, 7) is 6.23. The van der Waals surface area contributed by atoms with Crippen molar-refractivity contribution in [2.45, 2.75) is 37.5 Å². The summed E-state index contributed by atoms with van der Waals surface area (Å²) >= 11 is 1.40. The Bertz CT molecular complexity index is 1500. The second-order valence-electron chi connectivity index (χ2n) is 9.05. The summed E-state index contributed by atoms with van der Waals surface area (Å²) in [7, 11) is -3.23. The lowest BCUT2D eigenvalue weighted by Crippen LogP contribution is -2.31. The van der Waals surface area contributed by atoms with Crippen LogP contribution in [0.25, 0.3) is 21.6 Å². The Morgan fingerprint density at radius 2 is 1.83 bits per heavy atom. The van der Waals surface area contributed by atoms with Gasteiger partial charge in [0.15, 0.2) is 15.7 Å². The molecular weight excluding hydrogens is 498 g/mol. The van der Waals surface area contributed by atoms with E-state index >= 15 is 0 Å². The number of rotatable bonds is 7. The molecule has 36 heavy (non-hydrogen) atoms. The van der Waals surface area contributed by atoms with Crippen LogP contribution < -0.4 is 9.64 Å². The number of benzene rings is 1. The van der Waals surface area contributed by atoms with Gasteiger partial charge in [0, 0.05) is 30.8 Å². The molecule has 9 nitrogen and oxygen atoms in total. The first kappa shape index (κ1) is 24.4. The number of sulfone groups is 1. The highest BCUT2D eigenvalue weighted by atomic mass is 32.2. The van der Waals surface area contributed by atoms with Gasteiger partial charge in [-0.25, -0.2) is 18.4 Å². The van der Waals surface area contributed by atoms with Crippen molar-refractivity contribution in [3.8, 4) is 16.5 Å². The molecule has 5 rings (SSSR count). The average Bonchev–Trinajstić information content (AvgIpc) is 3.51. The number of ether oxygens (including phenoxy) is 1. The van der Waals surface area contributed by atoms with Crippen LogP contribution in [0, 0.1) is 0 Å². The van der Waals surface area contributed by atoms with E-state index in [9.17, 15) is 8.42 Å². The zero-order chi connectivity index (χ0) is 25.3. The molecule has 0 bridgehead atoms. The molecule has 1 fully saturated rings. The summed E-state index contributed by atoms with van der Waals surface area (Å²) < 4.78 is 34.7. The number of pyridine rings is 1. The summed E-state index contributed by atoms with van der Waals surface area (Å²) in [4.78, 5) is 16.9. The zero-order valence-electron chi connectivity index (χ0n) is 20.3. The number of thiazole rings is 1. The van der Waals surface area contributed by atoms with Gasteiger partial charge >= 0.3 is 6.01 Å². The van der Waals surface area contributed by atoms with E-state index in [1.165, 1.54) is 23.2 Å². The highest BCUT2D eigenvalue weighted by Gasteiger charge is 2.20. The Morgan fingerprint density at radius 3 is 2.50 bits per heavy atom. The van der Waals surface area contributed by atoms with E-state index in [4.69, 9.17) is 14.2 Å². The largest absolute Gasteiger partial charge is 0.466 e. The van der Waals surface area contributed by atoms with Gasteiger partial charge in [0.2, 0.25) is 0 Å². The molecule has 4 heterocycles. The minimum atomic E-state index is -3.23. The normalized spacial score (nSPS) is 14.6. The predicted octanol–water partition coefficient (Wildman–Crippen LogP) is 4.87. The fourth-order valence-corrected chi connectivity index (χ4v) is 5.33. The molecule has 0 unspecified atom stereocenters. The molecule has 0 saturated carbocycles. The lowest BCUT2D eigenvalue weighted by Gasteiger charge is -2.26. The molecule has 1 aliphatic heterocycles. The smallest absolute Gasteiger partial charge is 0.324 e. The van der Waals surface area contributed by atoms with Crippen molar-refractivity contribution in [3.05, 3.63) is 53.9 Å². The molecule has 1 aromatic carbocycles. The highest BCUT2D eigenvalue weighted by Crippen LogP contribution is 2.30. The van der Waals surface area contributed by atoms with Crippen molar-refractivity contribution in [2.75, 3.05) is 30.9 Å². The molecule has 188 valence electrons. The fraction of sp³-hybridized carbons (Fsp3) is 0.360. The van der Waals surface area contributed by atoms with Crippen molar-refractivity contribution in [3.63, 3.8) is 0 Å². The van der Waals surface area contributed by atoms with Crippen LogP contribution in [0.5, 0.6) is 5.19 Å². The van der Waals surface area contributed by atoms with Gasteiger partial charge in [-0.15, -0.1) is 0 Å².